The van der Waals surface area contributed by atoms with Gasteiger partial charge < -0.3 is 31.0 Å². The minimum atomic E-state index is -3.94. The molecular formula is C46H67ClN8O10S4. The number of amides is 2. The smallest absolute Gasteiger partial charge is 0.411 e. The molecule has 382 valence electrons. The molecule has 69 heavy (non-hydrogen) atoms. The Kier molecular flexibility index (Phi) is 19.6. The maximum absolute atomic E-state index is 13.4. The highest BCUT2D eigenvalue weighted by molar-refractivity contribution is 7.90. The minimum Gasteiger partial charge on any atom is -0.451 e. The summed E-state index contributed by atoms with van der Waals surface area (Å²) in [4.78, 5) is 44.5. The second-order valence-corrected chi connectivity index (χ2v) is 25.4. The molecule has 0 atom stereocenters. The highest BCUT2D eigenvalue weighted by Crippen LogP contribution is 2.43. The molecule has 8 N–H and O–H groups in total. The lowest BCUT2D eigenvalue weighted by atomic mass is 9.81. The number of benzene rings is 2. The molecule has 2 saturated carbocycles. The lowest BCUT2D eigenvalue weighted by Gasteiger charge is -2.34. The Balaban J connectivity index is 0.000000278. The van der Waals surface area contributed by atoms with Crippen molar-refractivity contribution in [1.29, 1.82) is 0 Å². The summed E-state index contributed by atoms with van der Waals surface area (Å²) in [5, 5.41) is 7.33. The summed E-state index contributed by atoms with van der Waals surface area (Å²) in [6.07, 6.45) is 5.05. The normalized spacial score (nSPS) is 18.2. The monoisotopic (exact) mass is 1050 g/mol. The first-order valence-electron chi connectivity index (χ1n) is 22.4. The van der Waals surface area contributed by atoms with E-state index in [2.05, 4.69) is 34.8 Å². The van der Waals surface area contributed by atoms with Crippen LogP contribution in [0.2, 0.25) is 0 Å². The van der Waals surface area contributed by atoms with Crippen molar-refractivity contribution in [3.63, 3.8) is 0 Å². The molecule has 0 saturated heterocycles. The van der Waals surface area contributed by atoms with Gasteiger partial charge in [-0.15, -0.1) is 22.7 Å². The first kappa shape index (κ1) is 57.2. The van der Waals surface area contributed by atoms with Crippen molar-refractivity contribution in [2.75, 3.05) is 11.1 Å². The first-order chi connectivity index (χ1) is 31.8. The maximum Gasteiger partial charge on any atom is 0.411 e. The van der Waals surface area contributed by atoms with Gasteiger partial charge in [-0.2, -0.15) is 0 Å². The average molecular weight is 1060 g/mol. The third kappa shape index (κ3) is 18.0. The summed E-state index contributed by atoms with van der Waals surface area (Å²) in [6.45, 7) is 21.2. The molecule has 6 rings (SSSR count). The van der Waals surface area contributed by atoms with E-state index in [4.69, 9.17) is 32.5 Å². The number of thiazole rings is 2. The maximum atomic E-state index is 13.4. The summed E-state index contributed by atoms with van der Waals surface area (Å²) in [6, 6.07) is 9.95. The predicted octanol–water partition coefficient (Wildman–Crippen LogP) is 9.67. The topological polar surface area (TPSA) is 273 Å². The van der Waals surface area contributed by atoms with Gasteiger partial charge in [0, 0.05) is 81.5 Å². The number of carbonyl (C=O) groups is 3. The van der Waals surface area contributed by atoms with E-state index in [0.29, 0.717) is 33.3 Å². The predicted molar refractivity (Wildman–Crippen MR) is 273 cm³/mol. The van der Waals surface area contributed by atoms with E-state index >= 15 is 0 Å². The fraction of sp³-hybridized carbons (Fsp3) is 0.543. The van der Waals surface area contributed by atoms with Crippen LogP contribution in [0, 0.1) is 0 Å². The summed E-state index contributed by atoms with van der Waals surface area (Å²) >= 11 is 7.76. The third-order valence-electron chi connectivity index (χ3n) is 9.62. The van der Waals surface area contributed by atoms with Gasteiger partial charge in [0.25, 0.3) is 0 Å². The number of alkyl carbamates (subject to hydrolysis) is 1. The number of hydrogen-bond acceptors (Lipinski definition) is 16. The molecule has 0 unspecified atom stereocenters. The van der Waals surface area contributed by atoms with E-state index in [1.807, 2.05) is 0 Å². The van der Waals surface area contributed by atoms with Crippen molar-refractivity contribution in [1.82, 2.24) is 24.7 Å². The number of nitrogens with one attached hydrogen (secondary N) is 4. The van der Waals surface area contributed by atoms with Gasteiger partial charge >= 0.3 is 17.6 Å². The van der Waals surface area contributed by atoms with Crippen LogP contribution in [0.1, 0.15) is 131 Å². The van der Waals surface area contributed by atoms with Gasteiger partial charge in [0.2, 0.25) is 20.0 Å². The molecule has 0 spiro atoms. The van der Waals surface area contributed by atoms with Crippen molar-refractivity contribution in [3.05, 3.63) is 58.8 Å². The summed E-state index contributed by atoms with van der Waals surface area (Å²) in [5.41, 5.74) is 11.5. The number of nitrogen functional groups attached to an aromatic ring is 1. The number of anilines is 2. The molecule has 2 aliphatic carbocycles. The Morgan fingerprint density at radius 1 is 0.681 bits per heavy atom. The van der Waals surface area contributed by atoms with Crippen LogP contribution in [0.25, 0.3) is 20.9 Å². The molecule has 2 aromatic heterocycles. The standard InChI is InChI=1S/C25H36N4O6S2.C17H24N4O2S2.C4H7ClO2/c1-14(2)34-23(30)27-17-8-9-19(21(12-17)37(32,33)29-25(5,6)7)20-13-26-22(36-20)16-10-18(11-16)28-24(31)35-15(3)4;1-17(2,3)21-25(22,23)15-8-11(18)4-5-13(15)14-9-20-16(24-14)10-6-12(19)7-10;1-3(2)7-4(5)6/h8-9,12-16,18,29H,10-11H2,1-7H3,(H,27,30)(H,28,31);4-5,8-10,12,21H,6-7,18-19H2,1-3H3;3H,1-2H3. The fourth-order valence-corrected chi connectivity index (χ4v) is 12.7. The number of sulfonamides is 2. The van der Waals surface area contributed by atoms with Gasteiger partial charge in [-0.25, -0.2) is 50.6 Å². The lowest BCUT2D eigenvalue weighted by molar-refractivity contribution is 0.106. The second-order valence-electron chi connectivity index (χ2n) is 19.7. The number of halogens is 1. The average Bonchev–Trinajstić information content (AvgIpc) is 3.83. The zero-order chi connectivity index (χ0) is 51.8. The number of carbonyl (C=O) groups excluding carboxylic acids is 3. The van der Waals surface area contributed by atoms with Crippen LogP contribution in [-0.4, -0.2) is 85.9 Å². The molecule has 2 fully saturated rings. The number of nitrogens with two attached hydrogens (primary N) is 2. The summed E-state index contributed by atoms with van der Waals surface area (Å²) in [7, 11) is -7.64. The van der Waals surface area contributed by atoms with Crippen LogP contribution in [0.4, 0.5) is 25.8 Å². The Morgan fingerprint density at radius 2 is 1.12 bits per heavy atom. The van der Waals surface area contributed by atoms with E-state index < -0.39 is 48.7 Å². The van der Waals surface area contributed by atoms with Crippen LogP contribution in [0.3, 0.4) is 0 Å². The Bertz CT molecular complexity index is 2630. The molecule has 2 amide bonds. The molecule has 2 aliphatic rings. The van der Waals surface area contributed by atoms with E-state index in [-0.39, 0.29) is 46.1 Å². The van der Waals surface area contributed by atoms with Gasteiger partial charge in [0.15, 0.2) is 0 Å². The molecule has 23 heteroatoms. The molecular weight excluding hydrogens is 988 g/mol. The summed E-state index contributed by atoms with van der Waals surface area (Å²) in [5.74, 6) is 0.554. The van der Waals surface area contributed by atoms with Crippen LogP contribution in [0.5, 0.6) is 0 Å². The third-order valence-corrected chi connectivity index (χ3v) is 15.7. The quantitative estimate of drug-likeness (QED) is 0.0413. The molecule has 0 radical (unpaired) electrons. The molecule has 0 aliphatic heterocycles. The van der Waals surface area contributed by atoms with E-state index in [1.165, 1.54) is 34.8 Å². The zero-order valence-corrected chi connectivity index (χ0v) is 45.2. The van der Waals surface area contributed by atoms with Crippen LogP contribution in [-0.2, 0) is 34.3 Å². The van der Waals surface area contributed by atoms with Crippen molar-refractivity contribution in [2.24, 2.45) is 5.73 Å². The van der Waals surface area contributed by atoms with Gasteiger partial charge in [0.05, 0.1) is 47.9 Å². The van der Waals surface area contributed by atoms with E-state index in [1.54, 1.807) is 120 Å². The minimum absolute atomic E-state index is 0.0199. The van der Waals surface area contributed by atoms with Gasteiger partial charge in [-0.05, 0) is 133 Å². The lowest BCUT2D eigenvalue weighted by Crippen LogP contribution is -2.44. The van der Waals surface area contributed by atoms with Crippen molar-refractivity contribution < 1.29 is 45.4 Å². The van der Waals surface area contributed by atoms with Crippen molar-refractivity contribution >= 4 is 83.3 Å². The van der Waals surface area contributed by atoms with Gasteiger partial charge in [-0.3, -0.25) is 5.32 Å². The van der Waals surface area contributed by atoms with Crippen LogP contribution >= 0.6 is 34.3 Å². The Labute approximate surface area is 419 Å². The molecule has 0 bridgehead atoms. The number of rotatable bonds is 13. The van der Waals surface area contributed by atoms with Gasteiger partial charge in [0.1, 0.15) is 0 Å². The van der Waals surface area contributed by atoms with E-state index in [9.17, 15) is 31.2 Å². The highest BCUT2D eigenvalue weighted by atomic mass is 35.5. The zero-order valence-electron chi connectivity index (χ0n) is 41.1. The van der Waals surface area contributed by atoms with Crippen LogP contribution in [0.15, 0.2) is 58.6 Å². The molecule has 18 nitrogen and oxygen atoms in total. The highest BCUT2D eigenvalue weighted by Gasteiger charge is 2.35. The first-order valence-corrected chi connectivity index (χ1v) is 27.4. The largest absolute Gasteiger partial charge is 0.451 e. The van der Waals surface area contributed by atoms with Crippen LogP contribution < -0.4 is 31.5 Å². The summed E-state index contributed by atoms with van der Waals surface area (Å²) < 4.78 is 72.4. The fourth-order valence-electron chi connectivity index (χ4n) is 6.87. The molecule has 4 aromatic rings. The molecule has 2 heterocycles. The number of nitrogens with zero attached hydrogens (tertiary/aromatic N) is 2. The van der Waals surface area contributed by atoms with Crippen molar-refractivity contribution in [3.8, 4) is 20.9 Å². The SMILES string of the molecule is CC(C)(C)NS(=O)(=O)c1cc(N)ccc1-c1cnc(C2CC(N)C2)s1.CC(C)OC(=O)Cl.CC(C)OC(=O)Nc1ccc(-c2cnc(C3CC(NC(=O)OC(C)C)C3)s2)c(S(=O)(=O)NC(C)(C)C)c1. The van der Waals surface area contributed by atoms with Gasteiger partial charge in [-0.1, -0.05) is 12.1 Å². The number of ether oxygens (including phenoxy) is 3. The Morgan fingerprint density at radius 3 is 1.54 bits per heavy atom. The van der Waals surface area contributed by atoms with Crippen molar-refractivity contribution in [2.45, 2.75) is 172 Å². The Hall–Kier alpha value is -4.42. The number of aromatic nitrogens is 2. The molecule has 2 aromatic carbocycles. The van der Waals surface area contributed by atoms with E-state index in [0.717, 1.165) is 40.6 Å². The number of hydrogen-bond donors (Lipinski definition) is 6. The second kappa shape index (κ2) is 23.7.